The van der Waals surface area contributed by atoms with E-state index in [0.717, 1.165) is 17.6 Å². The summed E-state index contributed by atoms with van der Waals surface area (Å²) in [6.45, 7) is 12.5. The van der Waals surface area contributed by atoms with E-state index in [0.29, 0.717) is 56.9 Å². The lowest BCUT2D eigenvalue weighted by Crippen LogP contribution is -2.61. The van der Waals surface area contributed by atoms with Crippen LogP contribution < -0.4 is 0 Å². The van der Waals surface area contributed by atoms with E-state index in [9.17, 15) is 39.3 Å². The first-order valence-electron chi connectivity index (χ1n) is 23.6. The number of piperidine rings is 1. The van der Waals surface area contributed by atoms with Crippen molar-refractivity contribution in [1.82, 2.24) is 4.90 Å². The lowest BCUT2D eigenvalue weighted by molar-refractivity contribution is -0.265. The molecule has 1 aliphatic carbocycles. The Labute approximate surface area is 386 Å². The van der Waals surface area contributed by atoms with Gasteiger partial charge in [-0.15, -0.1) is 0 Å². The largest absolute Gasteiger partial charge is 0.460 e. The minimum absolute atomic E-state index is 0.0848. The summed E-state index contributed by atoms with van der Waals surface area (Å²) in [6, 6.07) is -1.14. The third kappa shape index (κ3) is 14.2. The minimum Gasteiger partial charge on any atom is -0.460 e. The Morgan fingerprint density at radius 3 is 2.23 bits per heavy atom. The number of carbonyl (C=O) groups excluding carboxylic acids is 5. The average molecular weight is 912 g/mol. The highest BCUT2D eigenvalue weighted by Gasteiger charge is 2.53. The molecular weight excluding hydrogens is 835 g/mol. The minimum atomic E-state index is -2.43. The summed E-state index contributed by atoms with van der Waals surface area (Å²) >= 11 is 0. The van der Waals surface area contributed by atoms with Crippen LogP contribution in [0.2, 0.25) is 0 Å². The molecule has 4 aliphatic rings. The number of ketones is 3. The summed E-state index contributed by atoms with van der Waals surface area (Å²) in [5.74, 6) is -8.27. The first-order valence-corrected chi connectivity index (χ1v) is 23.6. The number of Topliss-reactive ketones (excluding diaryl/α,β-unsaturated/α-hetero) is 3. The SMILES string of the molecule is CO[C@H]1C[C@@H]2CC[C@@H](C)[C@@](O)(O2)C(=O)C(=O)N2CCCC[C@H]2C(=O)O[C@H]([C@H](C)C[C@@H]2CC[C@@H](O)[C@H](OC)C2)CC(=O)[C@H](C)/C=C(\C)[C@@H](O)[C@@H](OC)C(=O)[C@H](C)\C=C(C)/C=C/C=C/C=C/1C. The van der Waals surface area contributed by atoms with Gasteiger partial charge in [0.05, 0.1) is 24.4 Å². The topological polar surface area (TPSA) is 195 Å². The number of hydrogen-bond donors (Lipinski definition) is 3. The van der Waals surface area contributed by atoms with E-state index in [4.69, 9.17) is 23.7 Å². The van der Waals surface area contributed by atoms with Gasteiger partial charge in [-0.05, 0) is 102 Å². The molecule has 0 aromatic carbocycles. The molecule has 65 heavy (non-hydrogen) atoms. The quantitative estimate of drug-likeness (QED) is 0.157. The number of aliphatic hydroxyl groups is 3. The van der Waals surface area contributed by atoms with Crippen LogP contribution in [0.25, 0.3) is 0 Å². The van der Waals surface area contributed by atoms with E-state index in [1.807, 2.05) is 51.2 Å². The van der Waals surface area contributed by atoms with Crippen LogP contribution in [0.1, 0.15) is 119 Å². The second kappa shape index (κ2) is 24.9. The highest BCUT2D eigenvalue weighted by Crippen LogP contribution is 2.37. The molecule has 4 rings (SSSR count). The van der Waals surface area contributed by atoms with Crippen LogP contribution in [0.4, 0.5) is 0 Å². The van der Waals surface area contributed by atoms with Crippen LogP contribution in [0, 0.1) is 29.6 Å². The van der Waals surface area contributed by atoms with Crippen molar-refractivity contribution in [2.75, 3.05) is 27.9 Å². The van der Waals surface area contributed by atoms with Crippen LogP contribution in [0.15, 0.2) is 59.3 Å². The molecule has 14 atom stereocenters. The number of amides is 1. The lowest BCUT2D eigenvalue weighted by atomic mass is 9.78. The molecule has 14 heteroatoms. The summed E-state index contributed by atoms with van der Waals surface area (Å²) in [7, 11) is 4.49. The number of allylic oxidation sites excluding steroid dienone is 8. The fourth-order valence-corrected chi connectivity index (χ4v) is 9.83. The average Bonchev–Trinajstić information content (AvgIpc) is 3.28. The van der Waals surface area contributed by atoms with Gasteiger partial charge in [-0.2, -0.15) is 0 Å². The Balaban J connectivity index is 1.72. The smallest absolute Gasteiger partial charge is 0.329 e. The van der Waals surface area contributed by atoms with E-state index in [-0.39, 0.29) is 48.9 Å². The normalized spacial score (nSPS) is 40.0. The molecule has 0 spiro atoms. The van der Waals surface area contributed by atoms with Crippen molar-refractivity contribution in [2.24, 2.45) is 29.6 Å². The summed E-state index contributed by atoms with van der Waals surface area (Å²) < 4.78 is 29.3. The van der Waals surface area contributed by atoms with Crippen molar-refractivity contribution in [3.05, 3.63) is 59.3 Å². The van der Waals surface area contributed by atoms with Gasteiger partial charge in [-0.3, -0.25) is 19.2 Å². The van der Waals surface area contributed by atoms with Crippen molar-refractivity contribution in [3.63, 3.8) is 0 Å². The molecule has 3 fully saturated rings. The zero-order chi connectivity index (χ0) is 48.2. The molecule has 3 N–H and O–H groups in total. The molecule has 1 saturated carbocycles. The fourth-order valence-electron chi connectivity index (χ4n) is 9.83. The number of cyclic esters (lactones) is 1. The van der Waals surface area contributed by atoms with Gasteiger partial charge < -0.3 is 43.9 Å². The first kappa shape index (κ1) is 54.0. The van der Waals surface area contributed by atoms with Crippen LogP contribution in [-0.4, -0.2) is 132 Å². The number of methoxy groups -OCH3 is 3. The van der Waals surface area contributed by atoms with Crippen molar-refractivity contribution in [2.45, 2.75) is 174 Å². The number of carbonyl (C=O) groups is 5. The van der Waals surface area contributed by atoms with Crippen LogP contribution >= 0.6 is 0 Å². The molecule has 1 amide bonds. The van der Waals surface area contributed by atoms with Gasteiger partial charge in [0.2, 0.25) is 5.79 Å². The van der Waals surface area contributed by atoms with Crippen molar-refractivity contribution in [1.29, 1.82) is 0 Å². The molecule has 0 unspecified atom stereocenters. The maximum absolute atomic E-state index is 14.4. The number of aliphatic hydroxyl groups excluding tert-OH is 2. The number of rotatable bonds is 6. The standard InChI is InChI=1S/C51H77NO13/c1-30-16-12-11-13-17-31(2)42(61-8)28-38-21-19-36(7)51(60,65-38)48(57)49(58)52-23-15-14-18-39(52)50(59)64-43(33(4)26-37-20-22-40(53)44(27-37)62-9)29-41(54)32(3)25-35(6)46(56)47(63-10)45(55)34(5)24-30/h11-13,16-17,24-25,32-34,36-40,42-44,46-47,53,56,60H,14-15,18-23,26-29H2,1-10H3/b13-11+,16-12+,30-24-,31-17+,35-25+/t32-,33-,34-,36-,37+,38+,39+,40-,42+,43+,44-,46-,47+,51-/m1/s1. The highest BCUT2D eigenvalue weighted by atomic mass is 16.6. The van der Waals surface area contributed by atoms with E-state index in [1.165, 1.54) is 12.0 Å². The Morgan fingerprint density at radius 2 is 1.55 bits per heavy atom. The predicted octanol–water partition coefficient (Wildman–Crippen LogP) is 6.10. The van der Waals surface area contributed by atoms with Gasteiger partial charge in [0.15, 0.2) is 5.78 Å². The highest BCUT2D eigenvalue weighted by molar-refractivity contribution is 6.39. The second-order valence-corrected chi connectivity index (χ2v) is 19.2. The maximum Gasteiger partial charge on any atom is 0.329 e. The molecule has 0 aromatic rings. The monoisotopic (exact) mass is 912 g/mol. The number of nitrogens with zero attached hydrogens (tertiary/aromatic N) is 1. The summed E-state index contributed by atoms with van der Waals surface area (Å²) in [5.41, 5.74) is 2.05. The van der Waals surface area contributed by atoms with Gasteiger partial charge >= 0.3 is 5.97 Å². The molecule has 0 aromatic heterocycles. The van der Waals surface area contributed by atoms with Gasteiger partial charge in [-0.1, -0.05) is 75.8 Å². The van der Waals surface area contributed by atoms with Gasteiger partial charge in [0.1, 0.15) is 30.1 Å². The third-order valence-electron chi connectivity index (χ3n) is 14.1. The number of hydrogen-bond acceptors (Lipinski definition) is 13. The van der Waals surface area contributed by atoms with Crippen molar-refractivity contribution in [3.8, 4) is 0 Å². The maximum atomic E-state index is 14.4. The summed E-state index contributed by atoms with van der Waals surface area (Å²) in [4.78, 5) is 71.7. The first-order chi connectivity index (χ1) is 30.7. The Bertz CT molecular complexity index is 1820. The molecule has 2 saturated heterocycles. The zero-order valence-corrected chi connectivity index (χ0v) is 40.4. The predicted molar refractivity (Wildman–Crippen MR) is 245 cm³/mol. The summed E-state index contributed by atoms with van der Waals surface area (Å²) in [5, 5.41) is 33.8. The van der Waals surface area contributed by atoms with Gasteiger partial charge in [0, 0.05) is 58.5 Å². The van der Waals surface area contributed by atoms with E-state index in [2.05, 4.69) is 0 Å². The Hall–Kier alpha value is -3.63. The molecule has 3 heterocycles. The van der Waals surface area contributed by atoms with Crippen LogP contribution in [0.5, 0.6) is 0 Å². The molecule has 2 bridgehead atoms. The fraction of sp³-hybridized carbons (Fsp3) is 0.706. The van der Waals surface area contributed by atoms with E-state index >= 15 is 0 Å². The molecule has 3 aliphatic heterocycles. The number of esters is 1. The zero-order valence-electron chi connectivity index (χ0n) is 40.4. The Morgan fingerprint density at radius 1 is 0.831 bits per heavy atom. The number of ether oxygens (including phenoxy) is 5. The van der Waals surface area contributed by atoms with Gasteiger partial charge in [0.25, 0.3) is 11.7 Å². The molecular formula is C51H77NO13. The number of fused-ring (bicyclic) bond motifs is 3. The summed E-state index contributed by atoms with van der Waals surface area (Å²) in [6.07, 6.45) is 12.0. The molecule has 364 valence electrons. The van der Waals surface area contributed by atoms with E-state index in [1.54, 1.807) is 54.1 Å². The van der Waals surface area contributed by atoms with Crippen LogP contribution in [-0.2, 0) is 47.7 Å². The van der Waals surface area contributed by atoms with Gasteiger partial charge in [-0.25, -0.2) is 4.79 Å². The third-order valence-corrected chi connectivity index (χ3v) is 14.1. The van der Waals surface area contributed by atoms with E-state index < -0.39 is 83.9 Å². The van der Waals surface area contributed by atoms with Crippen molar-refractivity contribution >= 4 is 29.2 Å². The second-order valence-electron chi connectivity index (χ2n) is 19.2. The Kier molecular flexibility index (Phi) is 20.7. The van der Waals surface area contributed by atoms with Crippen LogP contribution in [0.3, 0.4) is 0 Å². The van der Waals surface area contributed by atoms with Crippen molar-refractivity contribution < 1.29 is 63.0 Å². The molecule has 0 radical (unpaired) electrons. The lowest BCUT2D eigenvalue weighted by Gasteiger charge is -2.42. The molecule has 14 nitrogen and oxygen atoms in total.